The molecular weight excluding hydrogens is 326 g/mol. The van der Waals surface area contributed by atoms with E-state index in [9.17, 15) is 13.2 Å². The molecule has 1 amide bonds. The highest BCUT2D eigenvalue weighted by molar-refractivity contribution is 7.89. The average molecular weight is 346 g/mol. The summed E-state index contributed by atoms with van der Waals surface area (Å²) >= 11 is 5.78. The number of halogens is 1. The fourth-order valence-electron chi connectivity index (χ4n) is 2.29. The molecule has 3 N–H and O–H groups in total. The van der Waals surface area contributed by atoms with Gasteiger partial charge in [0.05, 0.1) is 10.9 Å². The van der Waals surface area contributed by atoms with Crippen LogP contribution in [-0.2, 0) is 14.8 Å². The molecule has 2 rings (SSSR count). The zero-order valence-electron chi connectivity index (χ0n) is 12.1. The Bertz CT molecular complexity index is 616. The van der Waals surface area contributed by atoms with Crippen LogP contribution in [0.15, 0.2) is 29.2 Å². The van der Waals surface area contributed by atoms with Crippen molar-refractivity contribution in [1.29, 1.82) is 0 Å². The van der Waals surface area contributed by atoms with E-state index in [1.165, 1.54) is 12.1 Å². The molecule has 0 aromatic heterocycles. The maximum absolute atomic E-state index is 12.0. The van der Waals surface area contributed by atoms with Crippen LogP contribution in [0.25, 0.3) is 0 Å². The van der Waals surface area contributed by atoms with Gasteiger partial charge in [-0.25, -0.2) is 13.1 Å². The Hall–Kier alpha value is -1.15. The number of amides is 1. The molecule has 0 bridgehead atoms. The predicted molar refractivity (Wildman–Crippen MR) is 85.3 cm³/mol. The molecule has 1 fully saturated rings. The highest BCUT2D eigenvalue weighted by atomic mass is 35.5. The number of carbonyl (C=O) groups is 1. The zero-order chi connectivity index (χ0) is 16.0. The number of nitrogens with one attached hydrogen (secondary N) is 3. The summed E-state index contributed by atoms with van der Waals surface area (Å²) in [5.74, 6) is -0.0818. The number of sulfonamides is 1. The van der Waals surface area contributed by atoms with E-state index in [4.69, 9.17) is 11.6 Å². The molecule has 8 heteroatoms. The molecule has 1 atom stereocenters. The van der Waals surface area contributed by atoms with E-state index in [0.29, 0.717) is 5.02 Å². The Morgan fingerprint density at radius 3 is 2.82 bits per heavy atom. The van der Waals surface area contributed by atoms with Gasteiger partial charge in [-0.3, -0.25) is 4.79 Å². The Balaban J connectivity index is 1.77. The number of hydrogen-bond acceptors (Lipinski definition) is 4. The van der Waals surface area contributed by atoms with E-state index in [-0.39, 0.29) is 29.9 Å². The second kappa shape index (κ2) is 7.92. The number of carbonyl (C=O) groups excluding carboxylic acids is 1. The van der Waals surface area contributed by atoms with Gasteiger partial charge in [-0.2, -0.15) is 0 Å². The zero-order valence-corrected chi connectivity index (χ0v) is 13.7. The summed E-state index contributed by atoms with van der Waals surface area (Å²) in [6, 6.07) is 5.87. The van der Waals surface area contributed by atoms with Crippen molar-refractivity contribution in [3.63, 3.8) is 0 Å². The molecule has 1 aromatic carbocycles. The van der Waals surface area contributed by atoms with Crippen molar-refractivity contribution < 1.29 is 13.2 Å². The van der Waals surface area contributed by atoms with Crippen LogP contribution in [0.5, 0.6) is 0 Å². The first kappa shape index (κ1) is 17.2. The van der Waals surface area contributed by atoms with Crippen molar-refractivity contribution in [3.05, 3.63) is 29.3 Å². The Labute approximate surface area is 135 Å². The van der Waals surface area contributed by atoms with Gasteiger partial charge in [0.25, 0.3) is 0 Å². The van der Waals surface area contributed by atoms with Gasteiger partial charge in [0.1, 0.15) is 0 Å². The summed E-state index contributed by atoms with van der Waals surface area (Å²) in [6.07, 6.45) is 2.94. The second-order valence-corrected chi connectivity index (χ2v) is 7.35. The fourth-order valence-corrected chi connectivity index (χ4v) is 3.62. The lowest BCUT2D eigenvalue weighted by atomic mass is 10.0. The van der Waals surface area contributed by atoms with Crippen LogP contribution in [-0.4, -0.2) is 40.0 Å². The molecular formula is C14H20ClN3O3S. The topological polar surface area (TPSA) is 87.3 Å². The summed E-state index contributed by atoms with van der Waals surface area (Å²) in [6.45, 7) is 1.23. The third-order valence-electron chi connectivity index (χ3n) is 3.45. The number of hydrogen-bond donors (Lipinski definition) is 3. The first-order chi connectivity index (χ1) is 10.5. The minimum Gasteiger partial charge on any atom is -0.353 e. The molecule has 22 heavy (non-hydrogen) atoms. The summed E-state index contributed by atoms with van der Waals surface area (Å²) < 4.78 is 26.5. The van der Waals surface area contributed by atoms with Gasteiger partial charge < -0.3 is 10.6 Å². The van der Waals surface area contributed by atoms with Crippen molar-refractivity contribution in [2.45, 2.75) is 30.2 Å². The minimum absolute atomic E-state index is 0.0818. The standard InChI is InChI=1S/C14H20ClN3O3S/c15-11-4-3-5-12(10-11)22(20,21)18-9-8-17-14(19)13-6-1-2-7-16-13/h3-5,10,13,16,18H,1-2,6-9H2,(H,17,19). The minimum atomic E-state index is -3.61. The quantitative estimate of drug-likeness (QED) is 0.668. The SMILES string of the molecule is O=C(NCCNS(=O)(=O)c1cccc(Cl)c1)C1CCCCN1. The smallest absolute Gasteiger partial charge is 0.240 e. The van der Waals surface area contributed by atoms with Gasteiger partial charge in [-0.15, -0.1) is 0 Å². The highest BCUT2D eigenvalue weighted by Crippen LogP contribution is 2.14. The van der Waals surface area contributed by atoms with Crippen LogP contribution in [0.4, 0.5) is 0 Å². The lowest BCUT2D eigenvalue weighted by molar-refractivity contribution is -0.123. The van der Waals surface area contributed by atoms with Gasteiger partial charge in [0, 0.05) is 18.1 Å². The van der Waals surface area contributed by atoms with Gasteiger partial charge in [-0.1, -0.05) is 24.1 Å². The van der Waals surface area contributed by atoms with E-state index in [2.05, 4.69) is 15.4 Å². The second-order valence-electron chi connectivity index (χ2n) is 5.15. The first-order valence-electron chi connectivity index (χ1n) is 7.25. The van der Waals surface area contributed by atoms with Crippen molar-refractivity contribution >= 4 is 27.5 Å². The number of piperidine rings is 1. The molecule has 0 spiro atoms. The maximum atomic E-state index is 12.0. The fraction of sp³-hybridized carbons (Fsp3) is 0.500. The lowest BCUT2D eigenvalue weighted by Crippen LogP contribution is -2.48. The predicted octanol–water partition coefficient (Wildman–Crippen LogP) is 0.877. The van der Waals surface area contributed by atoms with Gasteiger partial charge in [0.15, 0.2) is 0 Å². The van der Waals surface area contributed by atoms with Gasteiger partial charge in [-0.05, 0) is 37.6 Å². The average Bonchev–Trinajstić information content (AvgIpc) is 2.52. The van der Waals surface area contributed by atoms with Crippen LogP contribution in [0.1, 0.15) is 19.3 Å². The third kappa shape index (κ3) is 4.95. The van der Waals surface area contributed by atoms with E-state index < -0.39 is 10.0 Å². The van der Waals surface area contributed by atoms with E-state index >= 15 is 0 Å². The highest BCUT2D eigenvalue weighted by Gasteiger charge is 2.20. The number of benzene rings is 1. The molecule has 1 heterocycles. The van der Waals surface area contributed by atoms with Crippen LogP contribution in [0, 0.1) is 0 Å². The number of rotatable bonds is 6. The van der Waals surface area contributed by atoms with Crippen molar-refractivity contribution in [1.82, 2.24) is 15.4 Å². The Morgan fingerprint density at radius 2 is 2.14 bits per heavy atom. The molecule has 1 saturated heterocycles. The first-order valence-corrected chi connectivity index (χ1v) is 9.11. The van der Waals surface area contributed by atoms with Crippen molar-refractivity contribution in [2.75, 3.05) is 19.6 Å². The summed E-state index contributed by atoms with van der Waals surface area (Å²) in [4.78, 5) is 12.0. The molecule has 1 aliphatic heterocycles. The summed E-state index contributed by atoms with van der Waals surface area (Å²) in [7, 11) is -3.61. The van der Waals surface area contributed by atoms with E-state index in [1.807, 2.05) is 0 Å². The Morgan fingerprint density at radius 1 is 1.32 bits per heavy atom. The van der Waals surface area contributed by atoms with Crippen LogP contribution in [0.3, 0.4) is 0 Å². The van der Waals surface area contributed by atoms with Crippen LogP contribution >= 0.6 is 11.6 Å². The van der Waals surface area contributed by atoms with E-state index in [0.717, 1.165) is 25.8 Å². The summed E-state index contributed by atoms with van der Waals surface area (Å²) in [5.41, 5.74) is 0. The normalized spacial score (nSPS) is 18.9. The Kier molecular flexibility index (Phi) is 6.19. The molecule has 0 radical (unpaired) electrons. The molecule has 0 aliphatic carbocycles. The van der Waals surface area contributed by atoms with Crippen molar-refractivity contribution in [2.24, 2.45) is 0 Å². The van der Waals surface area contributed by atoms with Crippen LogP contribution in [0.2, 0.25) is 5.02 Å². The molecule has 1 aromatic rings. The molecule has 0 saturated carbocycles. The van der Waals surface area contributed by atoms with Crippen LogP contribution < -0.4 is 15.4 Å². The monoisotopic (exact) mass is 345 g/mol. The molecule has 6 nitrogen and oxygen atoms in total. The van der Waals surface area contributed by atoms with E-state index in [1.54, 1.807) is 12.1 Å². The van der Waals surface area contributed by atoms with Gasteiger partial charge in [0.2, 0.25) is 15.9 Å². The lowest BCUT2D eigenvalue weighted by Gasteiger charge is -2.22. The molecule has 1 aliphatic rings. The van der Waals surface area contributed by atoms with Gasteiger partial charge >= 0.3 is 0 Å². The maximum Gasteiger partial charge on any atom is 0.240 e. The van der Waals surface area contributed by atoms with Crippen molar-refractivity contribution in [3.8, 4) is 0 Å². The molecule has 1 unspecified atom stereocenters. The summed E-state index contributed by atoms with van der Waals surface area (Å²) in [5, 5.41) is 6.24. The largest absolute Gasteiger partial charge is 0.353 e. The third-order valence-corrected chi connectivity index (χ3v) is 5.14. The molecule has 122 valence electrons.